The van der Waals surface area contributed by atoms with E-state index in [2.05, 4.69) is 45.9 Å². The Morgan fingerprint density at radius 3 is 1.95 bits per heavy atom. The van der Waals surface area contributed by atoms with Crippen molar-refractivity contribution in [3.05, 3.63) is 23.8 Å². The summed E-state index contributed by atoms with van der Waals surface area (Å²) < 4.78 is 0. The Labute approximate surface area is 135 Å². The van der Waals surface area contributed by atoms with Crippen molar-refractivity contribution in [2.24, 2.45) is 5.92 Å². The molecule has 124 valence electrons. The lowest BCUT2D eigenvalue weighted by Gasteiger charge is -2.16. The summed E-state index contributed by atoms with van der Waals surface area (Å²) in [7, 11) is 0. The molecule has 0 N–H and O–H groups in total. The van der Waals surface area contributed by atoms with Crippen molar-refractivity contribution in [1.82, 2.24) is 0 Å². The molecule has 0 heteroatoms. The number of hydrogen-bond acceptors (Lipinski definition) is 0. The smallest absolute Gasteiger partial charge is 0.0229 e. The molecule has 0 heterocycles. The van der Waals surface area contributed by atoms with Crippen LogP contribution in [0.2, 0.25) is 0 Å². The summed E-state index contributed by atoms with van der Waals surface area (Å²) >= 11 is 0. The van der Waals surface area contributed by atoms with Crippen LogP contribution in [0.4, 0.5) is 0 Å². The van der Waals surface area contributed by atoms with Crippen LogP contribution in [-0.4, -0.2) is 0 Å². The van der Waals surface area contributed by atoms with Crippen LogP contribution in [0.25, 0.3) is 0 Å². The zero-order valence-electron chi connectivity index (χ0n) is 15.3. The maximum Gasteiger partial charge on any atom is -0.0229 e. The van der Waals surface area contributed by atoms with Gasteiger partial charge in [0.1, 0.15) is 0 Å². The van der Waals surface area contributed by atoms with Crippen LogP contribution in [0.1, 0.15) is 105 Å². The van der Waals surface area contributed by atoms with E-state index in [-0.39, 0.29) is 0 Å². The average molecular weight is 293 g/mol. The van der Waals surface area contributed by atoms with Gasteiger partial charge in [0.15, 0.2) is 0 Å². The monoisotopic (exact) mass is 292 g/mol. The van der Waals surface area contributed by atoms with Crippen LogP contribution in [0.15, 0.2) is 23.8 Å². The van der Waals surface area contributed by atoms with Gasteiger partial charge in [0.05, 0.1) is 0 Å². The van der Waals surface area contributed by atoms with Crippen LogP contribution in [0.3, 0.4) is 0 Å². The lowest BCUT2D eigenvalue weighted by molar-refractivity contribution is 0.513. The van der Waals surface area contributed by atoms with Gasteiger partial charge in [-0.05, 0) is 32.1 Å². The zero-order chi connectivity index (χ0) is 15.8. The molecule has 0 fully saturated rings. The molecule has 0 aliphatic carbocycles. The van der Waals surface area contributed by atoms with Gasteiger partial charge in [0.2, 0.25) is 0 Å². The standard InChI is InChI=1S/C21H40/c1-5-8-11-13-15-17-20(4)21(18-10-7-3)19-16-14-12-9-6-2/h7,10,18,20H,5-6,8-9,11-17,19H2,1-4H3/b10-7-,21-18-. The van der Waals surface area contributed by atoms with E-state index in [1.54, 1.807) is 5.57 Å². The molecule has 1 atom stereocenters. The predicted molar refractivity (Wildman–Crippen MR) is 98.8 cm³/mol. The van der Waals surface area contributed by atoms with Gasteiger partial charge in [-0.25, -0.2) is 0 Å². The van der Waals surface area contributed by atoms with Crippen molar-refractivity contribution >= 4 is 0 Å². The third kappa shape index (κ3) is 12.9. The first kappa shape index (κ1) is 20.5. The van der Waals surface area contributed by atoms with Crippen LogP contribution < -0.4 is 0 Å². The minimum Gasteiger partial charge on any atom is -0.0877 e. The summed E-state index contributed by atoms with van der Waals surface area (Å²) in [6.07, 6.45) is 23.4. The van der Waals surface area contributed by atoms with Crippen molar-refractivity contribution in [2.45, 2.75) is 105 Å². The third-order valence-corrected chi connectivity index (χ3v) is 4.45. The van der Waals surface area contributed by atoms with Crippen LogP contribution in [-0.2, 0) is 0 Å². The SMILES string of the molecule is C/C=C\C=C(\CCCCCCC)C(C)CCCCCCC. The maximum atomic E-state index is 2.43. The van der Waals surface area contributed by atoms with Gasteiger partial charge in [0.25, 0.3) is 0 Å². The molecule has 0 aromatic rings. The molecule has 0 aliphatic rings. The summed E-state index contributed by atoms with van der Waals surface area (Å²) in [6, 6.07) is 0. The van der Waals surface area contributed by atoms with Gasteiger partial charge in [-0.3, -0.25) is 0 Å². The Morgan fingerprint density at radius 1 is 0.810 bits per heavy atom. The molecular weight excluding hydrogens is 252 g/mol. The van der Waals surface area contributed by atoms with E-state index in [4.69, 9.17) is 0 Å². The van der Waals surface area contributed by atoms with Gasteiger partial charge in [-0.1, -0.05) is 102 Å². The first-order valence-electron chi connectivity index (χ1n) is 9.57. The molecule has 1 unspecified atom stereocenters. The Bertz CT molecular complexity index is 259. The average Bonchev–Trinajstić information content (AvgIpc) is 2.49. The normalized spacial score (nSPS) is 14.0. The minimum absolute atomic E-state index is 0.772. The second kappa shape index (κ2) is 15.9. The predicted octanol–water partition coefficient (Wildman–Crippen LogP) is 7.85. The quantitative estimate of drug-likeness (QED) is 0.226. The molecule has 21 heavy (non-hydrogen) atoms. The first-order chi connectivity index (χ1) is 10.3. The number of unbranched alkanes of at least 4 members (excludes halogenated alkanes) is 8. The molecule has 0 nitrogen and oxygen atoms in total. The molecule has 0 radical (unpaired) electrons. The van der Waals surface area contributed by atoms with E-state index in [0.29, 0.717) is 0 Å². The van der Waals surface area contributed by atoms with E-state index in [1.807, 2.05) is 0 Å². The second-order valence-corrected chi connectivity index (χ2v) is 6.54. The van der Waals surface area contributed by atoms with Crippen molar-refractivity contribution in [1.29, 1.82) is 0 Å². The van der Waals surface area contributed by atoms with E-state index in [0.717, 1.165) is 5.92 Å². The summed E-state index contributed by atoms with van der Waals surface area (Å²) in [5.74, 6) is 0.772. The van der Waals surface area contributed by atoms with Gasteiger partial charge >= 0.3 is 0 Å². The molecule has 0 saturated heterocycles. The molecule has 0 saturated carbocycles. The fourth-order valence-electron chi connectivity index (χ4n) is 2.89. The molecule has 0 amide bonds. The van der Waals surface area contributed by atoms with E-state index in [9.17, 15) is 0 Å². The zero-order valence-corrected chi connectivity index (χ0v) is 15.3. The number of allylic oxidation sites excluding steroid dienone is 4. The number of hydrogen-bond donors (Lipinski definition) is 0. The highest BCUT2D eigenvalue weighted by Gasteiger charge is 2.08. The van der Waals surface area contributed by atoms with Gasteiger partial charge < -0.3 is 0 Å². The lowest BCUT2D eigenvalue weighted by atomic mass is 9.90. The van der Waals surface area contributed by atoms with Crippen LogP contribution in [0.5, 0.6) is 0 Å². The Morgan fingerprint density at radius 2 is 1.38 bits per heavy atom. The van der Waals surface area contributed by atoms with Gasteiger partial charge in [-0.15, -0.1) is 0 Å². The fraction of sp³-hybridized carbons (Fsp3) is 0.810. The largest absolute Gasteiger partial charge is 0.0877 e. The van der Waals surface area contributed by atoms with E-state index < -0.39 is 0 Å². The minimum atomic E-state index is 0.772. The van der Waals surface area contributed by atoms with Gasteiger partial charge in [-0.2, -0.15) is 0 Å². The van der Waals surface area contributed by atoms with Crippen molar-refractivity contribution in [3.8, 4) is 0 Å². The topological polar surface area (TPSA) is 0 Å². The highest BCUT2D eigenvalue weighted by molar-refractivity contribution is 5.14. The summed E-state index contributed by atoms with van der Waals surface area (Å²) in [5.41, 5.74) is 1.68. The van der Waals surface area contributed by atoms with Crippen LogP contribution in [0, 0.1) is 5.92 Å². The van der Waals surface area contributed by atoms with Crippen LogP contribution >= 0.6 is 0 Å². The Hall–Kier alpha value is -0.520. The summed E-state index contributed by atoms with van der Waals surface area (Å²) in [5, 5.41) is 0. The Balaban J connectivity index is 4.02. The number of rotatable bonds is 14. The van der Waals surface area contributed by atoms with Crippen molar-refractivity contribution < 1.29 is 0 Å². The molecule has 0 aromatic carbocycles. The first-order valence-corrected chi connectivity index (χ1v) is 9.57. The molecule has 0 aliphatic heterocycles. The molecule has 0 rings (SSSR count). The van der Waals surface area contributed by atoms with Crippen molar-refractivity contribution in [3.63, 3.8) is 0 Å². The Kier molecular flexibility index (Phi) is 15.5. The maximum absolute atomic E-state index is 2.43. The van der Waals surface area contributed by atoms with E-state index in [1.165, 1.54) is 77.0 Å². The molecule has 0 bridgehead atoms. The molecular formula is C21H40. The summed E-state index contributed by atoms with van der Waals surface area (Å²) in [6.45, 7) is 9.13. The molecule has 0 spiro atoms. The fourth-order valence-corrected chi connectivity index (χ4v) is 2.89. The second-order valence-electron chi connectivity index (χ2n) is 6.54. The van der Waals surface area contributed by atoms with Crippen molar-refractivity contribution in [2.75, 3.05) is 0 Å². The highest BCUT2D eigenvalue weighted by Crippen LogP contribution is 2.24. The molecule has 0 aromatic heterocycles. The van der Waals surface area contributed by atoms with Gasteiger partial charge in [0, 0.05) is 0 Å². The lowest BCUT2D eigenvalue weighted by Crippen LogP contribution is -2.00. The highest BCUT2D eigenvalue weighted by atomic mass is 14.1. The summed E-state index contributed by atoms with van der Waals surface area (Å²) in [4.78, 5) is 0. The van der Waals surface area contributed by atoms with E-state index >= 15 is 0 Å². The third-order valence-electron chi connectivity index (χ3n) is 4.45.